The molecule has 0 rings (SSSR count). The first-order chi connectivity index (χ1) is 37.0. The zero-order chi connectivity index (χ0) is 54.3. The smallest absolute Gasteiger partial charge is 0.306 e. The molecule has 75 heavy (non-hydrogen) atoms. The third-order valence-corrected chi connectivity index (χ3v) is 11.4. The van der Waals surface area contributed by atoms with Crippen molar-refractivity contribution >= 4 is 17.9 Å². The Hall–Kier alpha value is -5.49. The number of carbonyl (C=O) groups is 3. The van der Waals surface area contributed by atoms with Crippen LogP contribution < -0.4 is 0 Å². The third kappa shape index (κ3) is 59.3. The molecular weight excluding hydrogens is 925 g/mol. The van der Waals surface area contributed by atoms with Gasteiger partial charge in [-0.2, -0.15) is 0 Å². The molecule has 0 heterocycles. The van der Waals surface area contributed by atoms with Gasteiger partial charge in [0, 0.05) is 19.3 Å². The second-order valence-corrected chi connectivity index (χ2v) is 18.4. The van der Waals surface area contributed by atoms with Crippen molar-refractivity contribution in [1.82, 2.24) is 0 Å². The average molecular weight is 1030 g/mol. The lowest BCUT2D eigenvalue weighted by atomic mass is 10.1. The maximum absolute atomic E-state index is 12.9. The maximum atomic E-state index is 12.9. The molecule has 0 aliphatic rings. The molecular formula is C69H104O6. The highest BCUT2D eigenvalue weighted by atomic mass is 16.6. The van der Waals surface area contributed by atoms with Crippen LogP contribution >= 0.6 is 0 Å². The van der Waals surface area contributed by atoms with E-state index in [-0.39, 0.29) is 50.4 Å². The van der Waals surface area contributed by atoms with Gasteiger partial charge >= 0.3 is 17.9 Å². The number of rotatable bonds is 50. The van der Waals surface area contributed by atoms with Crippen molar-refractivity contribution in [1.29, 1.82) is 0 Å². The van der Waals surface area contributed by atoms with Crippen molar-refractivity contribution < 1.29 is 28.6 Å². The molecule has 0 aromatic rings. The molecule has 6 heteroatoms. The lowest BCUT2D eigenvalue weighted by Crippen LogP contribution is -2.30. The fraction of sp³-hybridized carbons (Fsp3) is 0.522. The van der Waals surface area contributed by atoms with E-state index in [0.29, 0.717) is 12.8 Å². The Kier molecular flexibility index (Phi) is 56.6. The van der Waals surface area contributed by atoms with Crippen molar-refractivity contribution in [3.63, 3.8) is 0 Å². The molecule has 0 bridgehead atoms. The Morgan fingerprint density at radius 1 is 0.280 bits per heavy atom. The van der Waals surface area contributed by atoms with Crippen molar-refractivity contribution in [3.8, 4) is 0 Å². The normalized spacial score (nSPS) is 13.5. The van der Waals surface area contributed by atoms with Crippen LogP contribution in [0.1, 0.15) is 213 Å². The number of carbonyl (C=O) groups excluding carboxylic acids is 3. The number of hydrogen-bond acceptors (Lipinski definition) is 6. The van der Waals surface area contributed by atoms with Gasteiger partial charge in [-0.05, 0) is 148 Å². The molecule has 0 aliphatic carbocycles. The van der Waals surface area contributed by atoms with Crippen LogP contribution in [0.25, 0.3) is 0 Å². The molecule has 0 aromatic heterocycles. The van der Waals surface area contributed by atoms with Crippen LogP contribution in [0.3, 0.4) is 0 Å². The molecule has 0 spiro atoms. The van der Waals surface area contributed by atoms with E-state index in [2.05, 4.69) is 191 Å². The molecule has 0 fully saturated rings. The predicted octanol–water partition coefficient (Wildman–Crippen LogP) is 20.1. The van der Waals surface area contributed by atoms with E-state index in [1.54, 1.807) is 0 Å². The molecule has 0 amide bonds. The lowest BCUT2D eigenvalue weighted by Gasteiger charge is -2.18. The quantitative estimate of drug-likeness (QED) is 0.0261. The van der Waals surface area contributed by atoms with Crippen molar-refractivity contribution in [2.24, 2.45) is 0 Å². The fourth-order valence-corrected chi connectivity index (χ4v) is 7.06. The zero-order valence-electron chi connectivity index (χ0n) is 47.5. The van der Waals surface area contributed by atoms with Crippen LogP contribution in [-0.2, 0) is 28.6 Å². The highest BCUT2D eigenvalue weighted by Crippen LogP contribution is 2.11. The molecule has 0 saturated carbocycles. The summed E-state index contributed by atoms with van der Waals surface area (Å²) in [5.41, 5.74) is 0. The fourth-order valence-electron chi connectivity index (χ4n) is 7.06. The van der Waals surface area contributed by atoms with Gasteiger partial charge in [0.05, 0.1) is 0 Å². The van der Waals surface area contributed by atoms with E-state index < -0.39 is 6.10 Å². The summed E-state index contributed by atoms with van der Waals surface area (Å²) in [6.45, 7) is 6.24. The Labute approximate surface area is 459 Å². The monoisotopic (exact) mass is 1030 g/mol. The van der Waals surface area contributed by atoms with E-state index in [1.165, 1.54) is 25.7 Å². The van der Waals surface area contributed by atoms with Gasteiger partial charge in [0.15, 0.2) is 6.10 Å². The number of esters is 3. The van der Waals surface area contributed by atoms with Gasteiger partial charge in [0.1, 0.15) is 13.2 Å². The average Bonchev–Trinajstić information content (AvgIpc) is 3.41. The summed E-state index contributed by atoms with van der Waals surface area (Å²) in [5.74, 6) is -1.10. The van der Waals surface area contributed by atoms with E-state index in [0.717, 1.165) is 135 Å². The van der Waals surface area contributed by atoms with Crippen LogP contribution in [0, 0.1) is 0 Å². The summed E-state index contributed by atoms with van der Waals surface area (Å²) in [4.78, 5) is 38.2. The van der Waals surface area contributed by atoms with Gasteiger partial charge in [0.25, 0.3) is 0 Å². The highest BCUT2D eigenvalue weighted by molar-refractivity contribution is 5.71. The molecule has 0 aromatic carbocycles. The minimum Gasteiger partial charge on any atom is -0.462 e. The summed E-state index contributed by atoms with van der Waals surface area (Å²) < 4.78 is 16.8. The van der Waals surface area contributed by atoms with Gasteiger partial charge in [-0.1, -0.05) is 229 Å². The van der Waals surface area contributed by atoms with Gasteiger partial charge in [-0.3, -0.25) is 14.4 Å². The minimum atomic E-state index is -0.852. The minimum absolute atomic E-state index is 0.142. The number of hydrogen-bond donors (Lipinski definition) is 0. The molecule has 0 unspecified atom stereocenters. The van der Waals surface area contributed by atoms with Gasteiger partial charge in [-0.25, -0.2) is 0 Å². The third-order valence-electron chi connectivity index (χ3n) is 11.4. The number of allylic oxidation sites excluding steroid dienone is 30. The summed E-state index contributed by atoms with van der Waals surface area (Å²) in [5, 5.41) is 0. The topological polar surface area (TPSA) is 78.9 Å². The predicted molar refractivity (Wildman–Crippen MR) is 324 cm³/mol. The van der Waals surface area contributed by atoms with Crippen molar-refractivity contribution in [2.75, 3.05) is 13.2 Å². The SMILES string of the molecule is CC/C=C\C/C=C\C/C=C\C/C=C\C/C=C\C/C=C\CCC(=O)OC[C@H](COC(=O)CCCCC/C=C\C/C=C\C/C=C\C/C=C\C/C=C\CC)OC(=O)CCCCC/C=C\C/C=C\C/C=C\C/C=C\CCCCC. The summed E-state index contributed by atoms with van der Waals surface area (Å²) >= 11 is 0. The first-order valence-corrected chi connectivity index (χ1v) is 29.3. The van der Waals surface area contributed by atoms with E-state index in [9.17, 15) is 14.4 Å². The van der Waals surface area contributed by atoms with Crippen molar-refractivity contribution in [3.05, 3.63) is 182 Å². The Morgan fingerprint density at radius 3 is 0.867 bits per heavy atom. The lowest BCUT2D eigenvalue weighted by molar-refractivity contribution is -0.166. The summed E-state index contributed by atoms with van der Waals surface area (Å²) in [6, 6.07) is 0. The molecule has 0 radical (unpaired) electrons. The standard InChI is InChI=1S/C69H104O6/c1-4-7-10-13-16-19-22-25-28-31-34-37-40-43-46-49-52-55-58-61-67(70)73-64-66(75-69(72)63-60-57-54-51-48-45-42-39-36-33-30-27-24-21-18-15-12-9-6-3)65-74-68(71)62-59-56-53-50-47-44-41-38-35-32-29-26-23-20-17-14-11-8-5-2/h7-8,10-11,16-21,25-30,34-39,43-48,52,55,66H,4-6,9,12-15,22-24,31-33,40-42,49-51,53-54,56-65H2,1-3H3/b10-7-,11-8-,19-16-,20-17-,21-18-,28-25-,29-26-,30-27-,37-34-,38-35-,39-36-,46-43-,47-44-,48-45-,55-52-/t66-/m1/s1. The summed E-state index contributed by atoms with van der Waals surface area (Å²) in [6.07, 6.45) is 91.7. The second kappa shape index (κ2) is 61.1. The van der Waals surface area contributed by atoms with Crippen LogP contribution in [-0.4, -0.2) is 37.2 Å². The molecule has 1 atom stereocenters. The van der Waals surface area contributed by atoms with E-state index in [1.807, 2.05) is 12.2 Å². The van der Waals surface area contributed by atoms with Gasteiger partial charge in [0.2, 0.25) is 0 Å². The number of unbranched alkanes of at least 4 members (excludes halogenated alkanes) is 9. The van der Waals surface area contributed by atoms with Crippen LogP contribution in [0.15, 0.2) is 182 Å². The van der Waals surface area contributed by atoms with Crippen LogP contribution in [0.5, 0.6) is 0 Å². The highest BCUT2D eigenvalue weighted by Gasteiger charge is 2.19. The van der Waals surface area contributed by atoms with Crippen LogP contribution in [0.4, 0.5) is 0 Å². The van der Waals surface area contributed by atoms with Crippen molar-refractivity contribution in [2.45, 2.75) is 219 Å². The Bertz CT molecular complexity index is 1800. The maximum Gasteiger partial charge on any atom is 0.306 e. The molecule has 416 valence electrons. The zero-order valence-corrected chi connectivity index (χ0v) is 47.5. The Balaban J connectivity index is 4.67. The van der Waals surface area contributed by atoms with E-state index >= 15 is 0 Å². The molecule has 0 saturated heterocycles. The van der Waals surface area contributed by atoms with Crippen LogP contribution in [0.2, 0.25) is 0 Å². The molecule has 6 nitrogen and oxygen atoms in total. The Morgan fingerprint density at radius 2 is 0.547 bits per heavy atom. The first-order valence-electron chi connectivity index (χ1n) is 29.3. The molecule has 0 N–H and O–H groups in total. The first kappa shape index (κ1) is 69.5. The second-order valence-electron chi connectivity index (χ2n) is 18.4. The summed E-state index contributed by atoms with van der Waals surface area (Å²) in [7, 11) is 0. The van der Waals surface area contributed by atoms with Gasteiger partial charge < -0.3 is 14.2 Å². The molecule has 0 aliphatic heterocycles. The van der Waals surface area contributed by atoms with Gasteiger partial charge in [-0.15, -0.1) is 0 Å². The largest absolute Gasteiger partial charge is 0.462 e. The van der Waals surface area contributed by atoms with E-state index in [4.69, 9.17) is 14.2 Å². The number of ether oxygens (including phenoxy) is 3.